The summed E-state index contributed by atoms with van der Waals surface area (Å²) < 4.78 is 1.59. The van der Waals surface area contributed by atoms with Crippen molar-refractivity contribution in [3.8, 4) is 0 Å². The van der Waals surface area contributed by atoms with Crippen LogP contribution in [0.15, 0.2) is 12.3 Å². The van der Waals surface area contributed by atoms with Gasteiger partial charge in [0, 0.05) is 0 Å². The Labute approximate surface area is 58.6 Å². The summed E-state index contributed by atoms with van der Waals surface area (Å²) in [5.41, 5.74) is 8.48. The second kappa shape index (κ2) is 2.49. The van der Waals surface area contributed by atoms with Gasteiger partial charge >= 0.3 is 5.82 Å². The van der Waals surface area contributed by atoms with Crippen LogP contribution in [-0.2, 0) is 7.05 Å². The molecule has 0 spiro atoms. The standard InChI is InChI=1S/C5H9N5/c1-10-5(9-7)2-4(6)3-8-10/h2-3H,1H3,(H4,6,7,8,9)/p+1. The number of hydrogen-bond donors (Lipinski definition) is 3. The van der Waals surface area contributed by atoms with E-state index in [0.29, 0.717) is 11.5 Å². The normalized spacial score (nSPS) is 9.40. The number of hydrogen-bond acceptors (Lipinski definition) is 4. The number of nitrogens with one attached hydrogen (secondary N) is 1. The third kappa shape index (κ3) is 1.14. The van der Waals surface area contributed by atoms with Gasteiger partial charge in [0.05, 0.1) is 18.0 Å². The van der Waals surface area contributed by atoms with E-state index >= 15 is 0 Å². The van der Waals surface area contributed by atoms with E-state index in [1.165, 1.54) is 0 Å². The van der Waals surface area contributed by atoms with Crippen LogP contribution in [0.25, 0.3) is 0 Å². The summed E-state index contributed by atoms with van der Waals surface area (Å²) in [6.07, 6.45) is 1.56. The van der Waals surface area contributed by atoms with Crippen molar-refractivity contribution >= 4 is 11.5 Å². The summed E-state index contributed by atoms with van der Waals surface area (Å²) in [5, 5.41) is 3.90. The van der Waals surface area contributed by atoms with Crippen molar-refractivity contribution in [3.05, 3.63) is 12.3 Å². The maximum atomic E-state index is 5.43. The topological polar surface area (TPSA) is 80.8 Å². The van der Waals surface area contributed by atoms with Crippen LogP contribution in [0.3, 0.4) is 0 Å². The molecule has 0 fully saturated rings. The Balaban J connectivity index is 3.09. The van der Waals surface area contributed by atoms with Gasteiger partial charge in [-0.1, -0.05) is 5.10 Å². The third-order valence-corrected chi connectivity index (χ3v) is 1.18. The Hall–Kier alpha value is -1.36. The highest BCUT2D eigenvalue weighted by atomic mass is 15.4. The minimum absolute atomic E-state index is 0.589. The van der Waals surface area contributed by atoms with Crippen LogP contribution in [0, 0.1) is 0 Å². The van der Waals surface area contributed by atoms with E-state index in [-0.39, 0.29) is 0 Å². The van der Waals surface area contributed by atoms with Crippen molar-refractivity contribution in [2.24, 2.45) is 12.9 Å². The molecule has 0 saturated carbocycles. The molecule has 1 heterocycles. The van der Waals surface area contributed by atoms with Gasteiger partial charge in [-0.15, -0.1) is 4.68 Å². The highest BCUT2D eigenvalue weighted by Crippen LogP contribution is 2.00. The average molecular weight is 140 g/mol. The second-order valence-electron chi connectivity index (χ2n) is 1.94. The number of nitrogens with zero attached hydrogens (tertiary/aromatic N) is 2. The Kier molecular flexibility index (Phi) is 1.68. The number of hydrazine groups is 1. The summed E-state index contributed by atoms with van der Waals surface area (Å²) in [4.78, 5) is 0. The zero-order valence-corrected chi connectivity index (χ0v) is 5.70. The van der Waals surface area contributed by atoms with E-state index in [0.717, 1.165) is 0 Å². The molecule has 5 N–H and O–H groups in total. The van der Waals surface area contributed by atoms with Gasteiger partial charge in [0.1, 0.15) is 7.05 Å². The molecule has 54 valence electrons. The van der Waals surface area contributed by atoms with Crippen molar-refractivity contribution < 1.29 is 4.68 Å². The highest BCUT2D eigenvalue weighted by Gasteiger charge is 2.02. The van der Waals surface area contributed by atoms with Gasteiger partial charge in [-0.25, -0.2) is 0 Å². The fourth-order valence-corrected chi connectivity index (χ4v) is 0.639. The van der Waals surface area contributed by atoms with Crippen LogP contribution >= 0.6 is 0 Å². The molecule has 0 bridgehead atoms. The largest absolute Gasteiger partial charge is 0.397 e. The Bertz CT molecular complexity index is 233. The molecule has 1 aromatic rings. The first kappa shape index (κ1) is 6.76. The van der Waals surface area contributed by atoms with Gasteiger partial charge in [-0.3, -0.25) is 0 Å². The lowest BCUT2D eigenvalue weighted by molar-refractivity contribution is -0.717. The molecule has 0 aliphatic rings. The SMILES string of the molecule is C[n+]1ncc(N)cc1NN. The van der Waals surface area contributed by atoms with Crippen molar-refractivity contribution in [1.29, 1.82) is 0 Å². The van der Waals surface area contributed by atoms with E-state index in [4.69, 9.17) is 11.6 Å². The van der Waals surface area contributed by atoms with Gasteiger partial charge < -0.3 is 5.73 Å². The zero-order chi connectivity index (χ0) is 7.56. The Morgan fingerprint density at radius 2 is 2.40 bits per heavy atom. The molecule has 0 aromatic carbocycles. The second-order valence-corrected chi connectivity index (χ2v) is 1.94. The number of aromatic nitrogens is 2. The molecule has 0 unspecified atom stereocenters. The van der Waals surface area contributed by atoms with E-state index < -0.39 is 0 Å². The highest BCUT2D eigenvalue weighted by molar-refractivity contribution is 5.42. The maximum absolute atomic E-state index is 5.43. The molecule has 0 radical (unpaired) electrons. The monoisotopic (exact) mass is 140 g/mol. The predicted octanol–water partition coefficient (Wildman–Crippen LogP) is -1.23. The van der Waals surface area contributed by atoms with Crippen LogP contribution in [0.5, 0.6) is 0 Å². The molecule has 0 atom stereocenters. The molecule has 0 amide bonds. The summed E-state index contributed by atoms with van der Waals surface area (Å²) in [6, 6.07) is 1.70. The molecule has 0 aliphatic heterocycles. The minimum Gasteiger partial charge on any atom is -0.397 e. The molecular weight excluding hydrogens is 130 g/mol. The van der Waals surface area contributed by atoms with Gasteiger partial charge in [0.15, 0.2) is 0 Å². The van der Waals surface area contributed by atoms with Crippen molar-refractivity contribution in [2.45, 2.75) is 0 Å². The van der Waals surface area contributed by atoms with Gasteiger partial charge in [0.2, 0.25) is 0 Å². The first-order valence-electron chi connectivity index (χ1n) is 2.82. The fraction of sp³-hybridized carbons (Fsp3) is 0.200. The van der Waals surface area contributed by atoms with E-state index in [9.17, 15) is 0 Å². The molecule has 1 rings (SSSR count). The van der Waals surface area contributed by atoms with Gasteiger partial charge in [0.25, 0.3) is 0 Å². The summed E-state index contributed by atoms with van der Waals surface area (Å²) in [5.74, 6) is 5.83. The quantitative estimate of drug-likeness (QED) is 0.259. The van der Waals surface area contributed by atoms with Crippen molar-refractivity contribution in [1.82, 2.24) is 5.10 Å². The van der Waals surface area contributed by atoms with Crippen molar-refractivity contribution in [2.75, 3.05) is 11.2 Å². The molecular formula is C5H10N5+. The Morgan fingerprint density at radius 3 is 2.90 bits per heavy atom. The fourth-order valence-electron chi connectivity index (χ4n) is 0.639. The molecule has 10 heavy (non-hydrogen) atoms. The molecule has 0 saturated heterocycles. The molecule has 5 nitrogen and oxygen atoms in total. The lowest BCUT2D eigenvalue weighted by Crippen LogP contribution is -2.38. The maximum Gasteiger partial charge on any atom is 0.314 e. The number of anilines is 2. The van der Waals surface area contributed by atoms with Gasteiger partial charge in [-0.2, -0.15) is 11.3 Å². The first-order valence-corrected chi connectivity index (χ1v) is 2.82. The minimum atomic E-state index is 0.589. The van der Waals surface area contributed by atoms with E-state index in [2.05, 4.69) is 10.5 Å². The van der Waals surface area contributed by atoms with E-state index in [1.54, 1.807) is 24.0 Å². The third-order valence-electron chi connectivity index (χ3n) is 1.18. The zero-order valence-electron chi connectivity index (χ0n) is 5.70. The molecule has 5 heteroatoms. The lowest BCUT2D eigenvalue weighted by Gasteiger charge is -1.96. The van der Waals surface area contributed by atoms with Crippen LogP contribution in [0.2, 0.25) is 0 Å². The van der Waals surface area contributed by atoms with Crippen LogP contribution in [-0.4, -0.2) is 5.10 Å². The van der Waals surface area contributed by atoms with Gasteiger partial charge in [-0.05, 0) is 0 Å². The number of nitrogens with two attached hydrogens (primary N) is 2. The van der Waals surface area contributed by atoms with Crippen LogP contribution < -0.4 is 21.7 Å². The van der Waals surface area contributed by atoms with Crippen molar-refractivity contribution in [3.63, 3.8) is 0 Å². The average Bonchev–Trinajstić information content (AvgIpc) is 1.94. The summed E-state index contributed by atoms with van der Waals surface area (Å²) >= 11 is 0. The summed E-state index contributed by atoms with van der Waals surface area (Å²) in [6.45, 7) is 0. The lowest BCUT2D eigenvalue weighted by atomic mass is 10.5. The Morgan fingerprint density at radius 1 is 1.70 bits per heavy atom. The molecule has 1 aromatic heterocycles. The van der Waals surface area contributed by atoms with Crippen LogP contribution in [0.4, 0.5) is 11.5 Å². The molecule has 0 aliphatic carbocycles. The van der Waals surface area contributed by atoms with E-state index in [1.807, 2.05) is 0 Å². The smallest absolute Gasteiger partial charge is 0.314 e. The number of rotatable bonds is 1. The number of nitrogen functional groups attached to an aromatic ring is 2. The predicted molar refractivity (Wildman–Crippen MR) is 37.6 cm³/mol. The van der Waals surface area contributed by atoms with Crippen LogP contribution in [0.1, 0.15) is 0 Å². The first-order chi connectivity index (χ1) is 4.74. The summed E-state index contributed by atoms with van der Waals surface area (Å²) in [7, 11) is 1.77. The number of aryl methyl sites for hydroxylation is 1.